The van der Waals surface area contributed by atoms with E-state index in [1.54, 1.807) is 0 Å². The average Bonchev–Trinajstić information content (AvgIpc) is 2.08. The van der Waals surface area contributed by atoms with Crippen molar-refractivity contribution in [1.29, 1.82) is 0 Å². The zero-order valence-corrected chi connectivity index (χ0v) is 8.51. The Bertz CT molecular complexity index is 168. The second-order valence-corrected chi connectivity index (χ2v) is 4.06. The van der Waals surface area contributed by atoms with Crippen molar-refractivity contribution in [2.45, 2.75) is 45.6 Å². The van der Waals surface area contributed by atoms with Crippen LogP contribution in [-0.4, -0.2) is 18.4 Å². The fourth-order valence-corrected chi connectivity index (χ4v) is 1.39. The Balaban J connectivity index is 2.15. The first-order valence-corrected chi connectivity index (χ1v) is 5.11. The Kier molecular flexibility index (Phi) is 4.39. The highest BCUT2D eigenvalue weighted by atomic mass is 16.7. The molecule has 1 atom stereocenters. The number of rotatable bonds is 4. The number of hydroxylamine groups is 1. The predicted molar refractivity (Wildman–Crippen MR) is 51.2 cm³/mol. The SMILES string of the molecule is CC(C)CNOC1CCCCC1=O. The van der Waals surface area contributed by atoms with Crippen LogP contribution in [0.25, 0.3) is 0 Å². The van der Waals surface area contributed by atoms with Crippen molar-refractivity contribution < 1.29 is 9.63 Å². The number of hydrogen-bond acceptors (Lipinski definition) is 3. The lowest BCUT2D eigenvalue weighted by Crippen LogP contribution is -2.34. The van der Waals surface area contributed by atoms with E-state index < -0.39 is 0 Å². The van der Waals surface area contributed by atoms with E-state index >= 15 is 0 Å². The topological polar surface area (TPSA) is 38.3 Å². The molecular formula is C10H19NO2. The van der Waals surface area contributed by atoms with Crippen LogP contribution in [0.3, 0.4) is 0 Å². The molecule has 0 amide bonds. The summed E-state index contributed by atoms with van der Waals surface area (Å²) in [5.41, 5.74) is 2.86. The maximum absolute atomic E-state index is 11.3. The lowest BCUT2D eigenvalue weighted by atomic mass is 9.97. The minimum atomic E-state index is -0.188. The van der Waals surface area contributed by atoms with E-state index in [2.05, 4.69) is 19.3 Å². The smallest absolute Gasteiger partial charge is 0.163 e. The molecule has 0 aromatic heterocycles. The number of ketones is 1. The summed E-state index contributed by atoms with van der Waals surface area (Å²) >= 11 is 0. The molecular weight excluding hydrogens is 166 g/mol. The summed E-state index contributed by atoms with van der Waals surface area (Å²) in [6.45, 7) is 5.03. The maximum atomic E-state index is 11.3. The van der Waals surface area contributed by atoms with E-state index in [-0.39, 0.29) is 11.9 Å². The van der Waals surface area contributed by atoms with Crippen LogP contribution in [0.4, 0.5) is 0 Å². The van der Waals surface area contributed by atoms with E-state index in [1.807, 2.05) is 0 Å². The second-order valence-electron chi connectivity index (χ2n) is 4.06. The van der Waals surface area contributed by atoms with Crippen molar-refractivity contribution in [2.75, 3.05) is 6.54 Å². The molecule has 0 heterocycles. The molecule has 1 saturated carbocycles. The predicted octanol–water partition coefficient (Wildman–Crippen LogP) is 1.68. The minimum absolute atomic E-state index is 0.188. The molecule has 1 aliphatic carbocycles. The van der Waals surface area contributed by atoms with E-state index in [9.17, 15) is 4.79 Å². The molecule has 0 spiro atoms. The van der Waals surface area contributed by atoms with Gasteiger partial charge >= 0.3 is 0 Å². The van der Waals surface area contributed by atoms with Crippen LogP contribution in [-0.2, 0) is 9.63 Å². The molecule has 1 unspecified atom stereocenters. The molecule has 0 aliphatic heterocycles. The minimum Gasteiger partial charge on any atom is -0.297 e. The van der Waals surface area contributed by atoms with Crippen LogP contribution in [0.5, 0.6) is 0 Å². The molecule has 76 valence electrons. The van der Waals surface area contributed by atoms with Crippen molar-refractivity contribution in [3.8, 4) is 0 Å². The van der Waals surface area contributed by atoms with Gasteiger partial charge in [0.15, 0.2) is 5.78 Å². The highest BCUT2D eigenvalue weighted by molar-refractivity contribution is 5.83. The van der Waals surface area contributed by atoms with Crippen LogP contribution in [0.15, 0.2) is 0 Å². The van der Waals surface area contributed by atoms with Crippen molar-refractivity contribution in [1.82, 2.24) is 5.48 Å². The van der Waals surface area contributed by atoms with Crippen molar-refractivity contribution in [3.05, 3.63) is 0 Å². The molecule has 1 aliphatic rings. The zero-order valence-electron chi connectivity index (χ0n) is 8.51. The van der Waals surface area contributed by atoms with Gasteiger partial charge in [-0.15, -0.1) is 0 Å². The molecule has 0 aromatic carbocycles. The molecule has 13 heavy (non-hydrogen) atoms. The number of carbonyl (C=O) groups is 1. The van der Waals surface area contributed by atoms with Gasteiger partial charge in [-0.1, -0.05) is 13.8 Å². The Labute approximate surface area is 79.8 Å². The first kappa shape index (κ1) is 10.7. The van der Waals surface area contributed by atoms with E-state index in [0.717, 1.165) is 25.8 Å². The number of nitrogens with one attached hydrogen (secondary N) is 1. The normalized spacial score (nSPS) is 23.9. The lowest BCUT2D eigenvalue weighted by molar-refractivity contribution is -0.139. The third kappa shape index (κ3) is 3.87. The van der Waals surface area contributed by atoms with E-state index in [1.165, 1.54) is 0 Å². The molecule has 0 saturated heterocycles. The van der Waals surface area contributed by atoms with Crippen LogP contribution >= 0.6 is 0 Å². The summed E-state index contributed by atoms with van der Waals surface area (Å²) in [4.78, 5) is 16.6. The summed E-state index contributed by atoms with van der Waals surface area (Å²) in [6.07, 6.45) is 3.52. The zero-order chi connectivity index (χ0) is 9.68. The monoisotopic (exact) mass is 185 g/mol. The average molecular weight is 185 g/mol. The summed E-state index contributed by atoms with van der Waals surface area (Å²) in [7, 11) is 0. The largest absolute Gasteiger partial charge is 0.297 e. The van der Waals surface area contributed by atoms with Crippen LogP contribution in [0, 0.1) is 5.92 Å². The quantitative estimate of drug-likeness (QED) is 0.677. The highest BCUT2D eigenvalue weighted by Crippen LogP contribution is 2.16. The Morgan fingerprint density at radius 3 is 2.92 bits per heavy atom. The van der Waals surface area contributed by atoms with E-state index in [0.29, 0.717) is 12.3 Å². The Morgan fingerprint density at radius 1 is 1.54 bits per heavy atom. The third-order valence-electron chi connectivity index (χ3n) is 2.22. The second kappa shape index (κ2) is 5.35. The Hall–Kier alpha value is -0.410. The van der Waals surface area contributed by atoms with Crippen molar-refractivity contribution in [3.63, 3.8) is 0 Å². The summed E-state index contributed by atoms with van der Waals surface area (Å²) in [5.74, 6) is 0.807. The third-order valence-corrected chi connectivity index (χ3v) is 2.22. The van der Waals surface area contributed by atoms with Crippen molar-refractivity contribution in [2.24, 2.45) is 5.92 Å². The highest BCUT2D eigenvalue weighted by Gasteiger charge is 2.22. The van der Waals surface area contributed by atoms with Gasteiger partial charge in [-0.25, -0.2) is 5.48 Å². The Morgan fingerprint density at radius 2 is 2.31 bits per heavy atom. The van der Waals surface area contributed by atoms with Gasteiger partial charge in [0.1, 0.15) is 6.10 Å². The molecule has 0 aromatic rings. The van der Waals surface area contributed by atoms with Crippen LogP contribution in [0.1, 0.15) is 39.5 Å². The molecule has 3 heteroatoms. The van der Waals surface area contributed by atoms with Gasteiger partial charge in [0.2, 0.25) is 0 Å². The number of hydrogen-bond donors (Lipinski definition) is 1. The molecule has 3 nitrogen and oxygen atoms in total. The first-order valence-electron chi connectivity index (χ1n) is 5.11. The fraction of sp³-hybridized carbons (Fsp3) is 0.900. The number of Topliss-reactive ketones (excluding diaryl/α,β-unsaturated/α-hetero) is 1. The summed E-state index contributed by atoms with van der Waals surface area (Å²) in [6, 6.07) is 0. The fourth-order valence-electron chi connectivity index (χ4n) is 1.39. The van der Waals surface area contributed by atoms with Gasteiger partial charge in [0.25, 0.3) is 0 Å². The lowest BCUT2D eigenvalue weighted by Gasteiger charge is -2.21. The van der Waals surface area contributed by atoms with Gasteiger partial charge in [0.05, 0.1) is 0 Å². The van der Waals surface area contributed by atoms with Crippen molar-refractivity contribution >= 4 is 5.78 Å². The molecule has 0 bridgehead atoms. The number of carbonyl (C=O) groups excluding carboxylic acids is 1. The maximum Gasteiger partial charge on any atom is 0.163 e. The molecule has 1 N–H and O–H groups in total. The molecule has 0 radical (unpaired) electrons. The van der Waals surface area contributed by atoms with Gasteiger partial charge in [-0.3, -0.25) is 9.63 Å². The van der Waals surface area contributed by atoms with Gasteiger partial charge in [-0.2, -0.15) is 0 Å². The first-order chi connectivity index (χ1) is 6.20. The standard InChI is InChI=1S/C10H19NO2/c1-8(2)7-11-13-10-6-4-3-5-9(10)12/h8,10-11H,3-7H2,1-2H3. The summed E-state index contributed by atoms with van der Waals surface area (Å²) in [5, 5.41) is 0. The van der Waals surface area contributed by atoms with Crippen LogP contribution < -0.4 is 5.48 Å². The molecule has 1 rings (SSSR count). The van der Waals surface area contributed by atoms with Gasteiger partial charge in [0, 0.05) is 13.0 Å². The van der Waals surface area contributed by atoms with Gasteiger partial charge in [-0.05, 0) is 25.2 Å². The summed E-state index contributed by atoms with van der Waals surface area (Å²) < 4.78 is 0. The van der Waals surface area contributed by atoms with Gasteiger partial charge < -0.3 is 0 Å². The van der Waals surface area contributed by atoms with E-state index in [4.69, 9.17) is 4.84 Å². The van der Waals surface area contributed by atoms with Crippen LogP contribution in [0.2, 0.25) is 0 Å². The molecule has 1 fully saturated rings.